The average Bonchev–Trinajstić information content (AvgIpc) is 3.48. The van der Waals surface area contributed by atoms with Gasteiger partial charge in [-0.15, -0.1) is 0 Å². The maximum absolute atomic E-state index is 13.3. The number of aryl methyl sites for hydroxylation is 1. The fraction of sp³-hybridized carbons (Fsp3) is 0.0714. The molecule has 0 fully saturated rings. The maximum Gasteiger partial charge on any atom is 0.294 e. The van der Waals surface area contributed by atoms with Gasteiger partial charge in [0.25, 0.3) is 5.91 Å². The number of ether oxygens (including phenoxy) is 1. The highest BCUT2D eigenvalue weighted by Gasteiger charge is 2.45. The number of carbonyl (C=O) groups excluding carboxylic acids is 2. The zero-order valence-corrected chi connectivity index (χ0v) is 18.3. The molecule has 34 heavy (non-hydrogen) atoms. The van der Waals surface area contributed by atoms with Gasteiger partial charge in [0.05, 0.1) is 17.9 Å². The minimum Gasteiger partial charge on any atom is -0.503 e. The van der Waals surface area contributed by atoms with E-state index in [9.17, 15) is 14.7 Å². The summed E-state index contributed by atoms with van der Waals surface area (Å²) in [5, 5.41) is 10.8. The number of aliphatic hydroxyl groups excluding tert-OH is 1. The van der Waals surface area contributed by atoms with Crippen molar-refractivity contribution in [2.45, 2.75) is 13.0 Å². The van der Waals surface area contributed by atoms with E-state index in [1.54, 1.807) is 42.5 Å². The first-order chi connectivity index (χ1) is 16.5. The number of Topliss-reactive ketones (excluding diaryl/α,β-unsaturated/α-hetero) is 1. The first-order valence-electron chi connectivity index (χ1n) is 10.8. The Morgan fingerprint density at radius 2 is 1.65 bits per heavy atom. The molecular weight excluding hydrogens is 430 g/mol. The van der Waals surface area contributed by atoms with E-state index in [0.29, 0.717) is 22.7 Å². The van der Waals surface area contributed by atoms with Crippen LogP contribution in [0.5, 0.6) is 11.5 Å². The van der Waals surface area contributed by atoms with Gasteiger partial charge in [-0.05, 0) is 61.0 Å². The van der Waals surface area contributed by atoms with Crippen LogP contribution >= 0.6 is 0 Å². The van der Waals surface area contributed by atoms with Crippen molar-refractivity contribution in [2.75, 3.05) is 4.90 Å². The number of benzene rings is 3. The van der Waals surface area contributed by atoms with Crippen molar-refractivity contribution in [3.8, 4) is 11.5 Å². The summed E-state index contributed by atoms with van der Waals surface area (Å²) in [5.41, 5.74) is 2.15. The maximum atomic E-state index is 13.3. The highest BCUT2D eigenvalue weighted by atomic mass is 16.5. The predicted molar refractivity (Wildman–Crippen MR) is 127 cm³/mol. The van der Waals surface area contributed by atoms with Gasteiger partial charge in [-0.3, -0.25) is 14.5 Å². The van der Waals surface area contributed by atoms with Crippen molar-refractivity contribution in [3.63, 3.8) is 0 Å². The molecule has 0 saturated heterocycles. The van der Waals surface area contributed by atoms with Crippen molar-refractivity contribution in [3.05, 3.63) is 125 Å². The molecule has 0 radical (unpaired) electrons. The zero-order valence-electron chi connectivity index (χ0n) is 18.3. The number of rotatable bonds is 6. The summed E-state index contributed by atoms with van der Waals surface area (Å²) in [6, 6.07) is 26.0. The summed E-state index contributed by atoms with van der Waals surface area (Å²) in [6.45, 7) is 1.94. The molecule has 5 rings (SSSR count). The van der Waals surface area contributed by atoms with Gasteiger partial charge in [0.15, 0.2) is 11.5 Å². The molecule has 1 unspecified atom stereocenters. The minimum absolute atomic E-state index is 0.0433. The lowest BCUT2D eigenvalue weighted by Gasteiger charge is -2.27. The molecule has 6 nitrogen and oxygen atoms in total. The number of furan rings is 1. The molecule has 168 valence electrons. The molecule has 0 spiro atoms. The molecule has 0 bridgehead atoms. The van der Waals surface area contributed by atoms with E-state index in [1.807, 2.05) is 49.4 Å². The summed E-state index contributed by atoms with van der Waals surface area (Å²) in [5.74, 6) is -0.565. The Morgan fingerprint density at radius 3 is 2.35 bits per heavy atom. The molecule has 1 aliphatic heterocycles. The van der Waals surface area contributed by atoms with E-state index in [2.05, 4.69) is 0 Å². The summed E-state index contributed by atoms with van der Waals surface area (Å²) in [7, 11) is 0. The number of hydrogen-bond donors (Lipinski definition) is 1. The summed E-state index contributed by atoms with van der Waals surface area (Å²) in [4.78, 5) is 28.0. The van der Waals surface area contributed by atoms with E-state index >= 15 is 0 Å². The van der Waals surface area contributed by atoms with Crippen molar-refractivity contribution < 1.29 is 23.8 Å². The van der Waals surface area contributed by atoms with Gasteiger partial charge in [0.2, 0.25) is 5.78 Å². The van der Waals surface area contributed by atoms with Gasteiger partial charge in [0.1, 0.15) is 11.5 Å². The lowest BCUT2D eigenvalue weighted by atomic mass is 9.94. The van der Waals surface area contributed by atoms with Gasteiger partial charge in [-0.25, -0.2) is 0 Å². The summed E-state index contributed by atoms with van der Waals surface area (Å²) < 4.78 is 11.3. The van der Waals surface area contributed by atoms with E-state index in [-0.39, 0.29) is 11.3 Å². The zero-order chi connectivity index (χ0) is 23.7. The van der Waals surface area contributed by atoms with Gasteiger partial charge >= 0.3 is 0 Å². The second kappa shape index (κ2) is 8.75. The number of carbonyl (C=O) groups is 2. The fourth-order valence-corrected chi connectivity index (χ4v) is 4.04. The standard InChI is InChI=1S/C28H21NO5/c1-18-12-14-20(15-13-18)29-25(24(27(31)28(29)32)26(30)23-11-6-16-33-23)19-7-5-10-22(17-19)34-21-8-3-2-4-9-21/h2-17,25,31H,1H3. The van der Waals surface area contributed by atoms with Crippen LogP contribution < -0.4 is 9.64 Å². The number of nitrogens with zero attached hydrogens (tertiary/aromatic N) is 1. The van der Waals surface area contributed by atoms with Crippen LogP contribution in [-0.2, 0) is 4.79 Å². The van der Waals surface area contributed by atoms with Crippen LogP contribution in [0.2, 0.25) is 0 Å². The van der Waals surface area contributed by atoms with E-state index < -0.39 is 23.5 Å². The van der Waals surface area contributed by atoms with Crippen LogP contribution in [0.1, 0.15) is 27.7 Å². The highest BCUT2D eigenvalue weighted by Crippen LogP contribution is 2.43. The highest BCUT2D eigenvalue weighted by molar-refractivity contribution is 6.20. The third kappa shape index (κ3) is 3.86. The molecular formula is C28H21NO5. The van der Waals surface area contributed by atoms with E-state index in [1.165, 1.54) is 17.2 Å². The first-order valence-corrected chi connectivity index (χ1v) is 10.8. The first kappa shape index (κ1) is 21.3. The van der Waals surface area contributed by atoms with Gasteiger partial charge in [-0.1, -0.05) is 48.0 Å². The minimum atomic E-state index is -0.868. The Hall–Kier alpha value is -4.58. The summed E-state index contributed by atoms with van der Waals surface area (Å²) in [6.07, 6.45) is 1.38. The van der Waals surface area contributed by atoms with Crippen LogP contribution in [-0.4, -0.2) is 16.8 Å². The van der Waals surface area contributed by atoms with Gasteiger partial charge < -0.3 is 14.3 Å². The van der Waals surface area contributed by atoms with Crippen LogP contribution in [0.3, 0.4) is 0 Å². The Bertz CT molecular complexity index is 1370. The monoisotopic (exact) mass is 451 g/mol. The summed E-state index contributed by atoms with van der Waals surface area (Å²) >= 11 is 0. The third-order valence-electron chi connectivity index (χ3n) is 5.66. The predicted octanol–water partition coefficient (Wildman–Crippen LogP) is 6.16. The number of anilines is 1. The topological polar surface area (TPSA) is 80.0 Å². The largest absolute Gasteiger partial charge is 0.503 e. The second-order valence-electron chi connectivity index (χ2n) is 7.97. The fourth-order valence-electron chi connectivity index (χ4n) is 4.04. The Morgan fingerprint density at radius 1 is 0.912 bits per heavy atom. The molecule has 1 aromatic heterocycles. The number of aliphatic hydroxyl groups is 1. The number of para-hydroxylation sites is 1. The van der Waals surface area contributed by atoms with Gasteiger partial charge in [-0.2, -0.15) is 0 Å². The molecule has 0 aliphatic carbocycles. The lowest BCUT2D eigenvalue weighted by Crippen LogP contribution is -2.31. The SMILES string of the molecule is Cc1ccc(N2C(=O)C(O)=C(C(=O)c3ccco3)C2c2cccc(Oc3ccccc3)c2)cc1. The van der Waals surface area contributed by atoms with E-state index in [0.717, 1.165) is 5.56 Å². The average molecular weight is 451 g/mol. The molecule has 4 aromatic rings. The molecule has 2 heterocycles. The smallest absolute Gasteiger partial charge is 0.294 e. The van der Waals surface area contributed by atoms with Crippen LogP contribution in [0, 0.1) is 6.92 Å². The normalized spacial score (nSPS) is 15.6. The van der Waals surface area contributed by atoms with Crippen LogP contribution in [0.25, 0.3) is 0 Å². The molecule has 1 atom stereocenters. The molecule has 6 heteroatoms. The third-order valence-corrected chi connectivity index (χ3v) is 5.66. The molecule has 3 aromatic carbocycles. The molecule has 1 amide bonds. The second-order valence-corrected chi connectivity index (χ2v) is 7.97. The molecule has 0 saturated carbocycles. The Labute approximate surface area is 196 Å². The van der Waals surface area contributed by atoms with Crippen LogP contribution in [0.15, 0.2) is 113 Å². The van der Waals surface area contributed by atoms with Crippen LogP contribution in [0.4, 0.5) is 5.69 Å². The lowest BCUT2D eigenvalue weighted by molar-refractivity contribution is -0.117. The number of hydrogen-bond acceptors (Lipinski definition) is 5. The van der Waals surface area contributed by atoms with Crippen molar-refractivity contribution in [1.29, 1.82) is 0 Å². The Balaban J connectivity index is 1.61. The quantitative estimate of drug-likeness (QED) is 0.355. The molecule has 1 aliphatic rings. The van der Waals surface area contributed by atoms with E-state index in [4.69, 9.17) is 9.15 Å². The number of amides is 1. The molecule has 1 N–H and O–H groups in total. The van der Waals surface area contributed by atoms with Crippen molar-refractivity contribution in [1.82, 2.24) is 0 Å². The Kier molecular flexibility index (Phi) is 5.47. The van der Waals surface area contributed by atoms with Crippen molar-refractivity contribution in [2.24, 2.45) is 0 Å². The van der Waals surface area contributed by atoms with Crippen molar-refractivity contribution >= 4 is 17.4 Å². The van der Waals surface area contributed by atoms with Gasteiger partial charge in [0, 0.05) is 5.69 Å². The number of ketones is 1.